The van der Waals surface area contributed by atoms with E-state index in [1.165, 1.54) is 24.0 Å². The Kier molecular flexibility index (Phi) is 10.6. The Hall–Kier alpha value is -0.860. The Labute approximate surface area is 187 Å². The van der Waals surface area contributed by atoms with Gasteiger partial charge in [0.05, 0.1) is 18.8 Å². The molecule has 0 aromatic heterocycles. The molecule has 1 N–H and O–H groups in total. The summed E-state index contributed by atoms with van der Waals surface area (Å²) < 4.78 is 11.9. The summed E-state index contributed by atoms with van der Waals surface area (Å²) in [7, 11) is 1.87. The number of guanidine groups is 1. The SMILES string of the molecule is CN=C(NCCc1ccccc1C)N1CCC(OCC2CCCCO2)CC1.I. The molecule has 0 aliphatic carbocycles. The topological polar surface area (TPSA) is 46.1 Å². The van der Waals surface area contributed by atoms with E-state index in [-0.39, 0.29) is 24.0 Å². The van der Waals surface area contributed by atoms with Gasteiger partial charge in [0, 0.05) is 33.3 Å². The monoisotopic (exact) mass is 501 g/mol. The molecule has 28 heavy (non-hydrogen) atoms. The van der Waals surface area contributed by atoms with Gasteiger partial charge >= 0.3 is 0 Å². The van der Waals surface area contributed by atoms with E-state index in [4.69, 9.17) is 9.47 Å². The minimum absolute atomic E-state index is 0. The van der Waals surface area contributed by atoms with Gasteiger partial charge in [-0.25, -0.2) is 0 Å². The zero-order valence-corrected chi connectivity index (χ0v) is 19.7. The Morgan fingerprint density at radius 3 is 2.68 bits per heavy atom. The first-order valence-electron chi connectivity index (χ1n) is 10.5. The Balaban J connectivity index is 0.00000280. The van der Waals surface area contributed by atoms with Crippen LogP contribution in [-0.4, -0.2) is 63.0 Å². The number of hydrogen-bond donors (Lipinski definition) is 1. The minimum atomic E-state index is 0. The molecule has 2 aliphatic rings. The Morgan fingerprint density at radius 2 is 2.00 bits per heavy atom. The number of nitrogens with one attached hydrogen (secondary N) is 1. The van der Waals surface area contributed by atoms with Crippen molar-refractivity contribution in [1.29, 1.82) is 0 Å². The van der Waals surface area contributed by atoms with Gasteiger partial charge in [-0.1, -0.05) is 24.3 Å². The first kappa shape index (κ1) is 23.4. The molecule has 5 nitrogen and oxygen atoms in total. The van der Waals surface area contributed by atoms with Crippen LogP contribution in [0.4, 0.5) is 0 Å². The maximum Gasteiger partial charge on any atom is 0.193 e. The molecule has 3 rings (SSSR count). The predicted molar refractivity (Wildman–Crippen MR) is 126 cm³/mol. The van der Waals surface area contributed by atoms with Gasteiger partial charge in [0.15, 0.2) is 5.96 Å². The molecule has 1 unspecified atom stereocenters. The zero-order valence-electron chi connectivity index (χ0n) is 17.4. The average molecular weight is 501 g/mol. The van der Waals surface area contributed by atoms with Crippen molar-refractivity contribution in [3.8, 4) is 0 Å². The van der Waals surface area contributed by atoms with Crippen molar-refractivity contribution >= 4 is 29.9 Å². The summed E-state index contributed by atoms with van der Waals surface area (Å²) in [6, 6.07) is 8.59. The third-order valence-corrected chi connectivity index (χ3v) is 5.68. The molecule has 1 atom stereocenters. The van der Waals surface area contributed by atoms with Crippen LogP contribution in [-0.2, 0) is 15.9 Å². The molecule has 6 heteroatoms. The molecule has 2 aliphatic heterocycles. The molecule has 0 amide bonds. The third kappa shape index (κ3) is 7.19. The second-order valence-electron chi connectivity index (χ2n) is 7.66. The molecule has 0 radical (unpaired) electrons. The molecule has 1 aromatic rings. The van der Waals surface area contributed by atoms with Gasteiger partial charge in [0.1, 0.15) is 0 Å². The average Bonchev–Trinajstić information content (AvgIpc) is 2.72. The summed E-state index contributed by atoms with van der Waals surface area (Å²) in [5, 5.41) is 3.53. The fourth-order valence-corrected chi connectivity index (χ4v) is 3.95. The fraction of sp³-hybridized carbons (Fsp3) is 0.682. The van der Waals surface area contributed by atoms with Gasteiger partial charge in [-0.05, 0) is 56.6 Å². The molecule has 0 saturated carbocycles. The van der Waals surface area contributed by atoms with Crippen molar-refractivity contribution in [3.63, 3.8) is 0 Å². The Morgan fingerprint density at radius 1 is 1.21 bits per heavy atom. The van der Waals surface area contributed by atoms with Crippen molar-refractivity contribution in [1.82, 2.24) is 10.2 Å². The number of aliphatic imine (C=N–C) groups is 1. The molecular weight excluding hydrogens is 465 g/mol. The number of piperidine rings is 1. The maximum atomic E-state index is 6.12. The summed E-state index contributed by atoms with van der Waals surface area (Å²) in [4.78, 5) is 6.84. The van der Waals surface area contributed by atoms with Crippen LogP contribution in [0.3, 0.4) is 0 Å². The molecule has 1 aromatic carbocycles. The number of ether oxygens (including phenoxy) is 2. The second-order valence-corrected chi connectivity index (χ2v) is 7.66. The Bertz CT molecular complexity index is 597. The highest BCUT2D eigenvalue weighted by Gasteiger charge is 2.23. The molecule has 2 heterocycles. The van der Waals surface area contributed by atoms with Crippen LogP contribution in [0.1, 0.15) is 43.2 Å². The van der Waals surface area contributed by atoms with Crippen molar-refractivity contribution in [2.75, 3.05) is 39.9 Å². The van der Waals surface area contributed by atoms with Crippen molar-refractivity contribution in [2.45, 2.75) is 57.7 Å². The first-order valence-corrected chi connectivity index (χ1v) is 10.5. The van der Waals surface area contributed by atoms with E-state index in [2.05, 4.69) is 46.4 Å². The smallest absolute Gasteiger partial charge is 0.193 e. The highest BCUT2D eigenvalue weighted by molar-refractivity contribution is 14.0. The molecule has 2 fully saturated rings. The lowest BCUT2D eigenvalue weighted by Gasteiger charge is -2.35. The highest BCUT2D eigenvalue weighted by Crippen LogP contribution is 2.18. The van der Waals surface area contributed by atoms with Crippen LogP contribution in [0.15, 0.2) is 29.3 Å². The van der Waals surface area contributed by atoms with Crippen LogP contribution in [0.25, 0.3) is 0 Å². The number of nitrogens with zero attached hydrogens (tertiary/aromatic N) is 2. The number of benzene rings is 1. The van der Waals surface area contributed by atoms with E-state index in [9.17, 15) is 0 Å². The van der Waals surface area contributed by atoms with Gasteiger partial charge in [0.2, 0.25) is 0 Å². The van der Waals surface area contributed by atoms with E-state index in [1.807, 2.05) is 7.05 Å². The second kappa shape index (κ2) is 12.6. The van der Waals surface area contributed by atoms with Crippen LogP contribution in [0.2, 0.25) is 0 Å². The lowest BCUT2D eigenvalue weighted by atomic mass is 10.1. The summed E-state index contributed by atoms with van der Waals surface area (Å²) in [5.74, 6) is 1.01. The van der Waals surface area contributed by atoms with Crippen LogP contribution < -0.4 is 5.32 Å². The number of rotatable bonds is 6. The standard InChI is InChI=1S/C22H35N3O2.HI/c1-18-7-3-4-8-19(18)10-13-24-22(23-2)25-14-11-20(12-15-25)27-17-21-9-5-6-16-26-21;/h3-4,7-8,20-21H,5-6,9-17H2,1-2H3,(H,23,24);1H. The summed E-state index contributed by atoms with van der Waals surface area (Å²) in [6.07, 6.45) is 7.44. The van der Waals surface area contributed by atoms with Gasteiger partial charge < -0.3 is 19.7 Å². The highest BCUT2D eigenvalue weighted by atomic mass is 127. The van der Waals surface area contributed by atoms with Crippen molar-refractivity contribution < 1.29 is 9.47 Å². The number of hydrogen-bond acceptors (Lipinski definition) is 3. The third-order valence-electron chi connectivity index (χ3n) is 5.68. The number of aryl methyl sites for hydroxylation is 1. The normalized spacial score (nSPS) is 21.3. The summed E-state index contributed by atoms with van der Waals surface area (Å²) in [6.45, 7) is 6.74. The first-order chi connectivity index (χ1) is 13.3. The van der Waals surface area contributed by atoms with Crippen molar-refractivity contribution in [3.05, 3.63) is 35.4 Å². The van der Waals surface area contributed by atoms with E-state index < -0.39 is 0 Å². The molecule has 2 saturated heterocycles. The van der Waals surface area contributed by atoms with Gasteiger partial charge in [0.25, 0.3) is 0 Å². The molecule has 0 bridgehead atoms. The summed E-state index contributed by atoms with van der Waals surface area (Å²) >= 11 is 0. The van der Waals surface area contributed by atoms with E-state index >= 15 is 0 Å². The molecular formula is C22H36IN3O2. The van der Waals surface area contributed by atoms with Gasteiger partial charge in [-0.3, -0.25) is 4.99 Å². The largest absolute Gasteiger partial charge is 0.376 e. The van der Waals surface area contributed by atoms with Crippen LogP contribution in [0.5, 0.6) is 0 Å². The fourth-order valence-electron chi connectivity index (χ4n) is 3.95. The summed E-state index contributed by atoms with van der Waals surface area (Å²) in [5.41, 5.74) is 2.76. The minimum Gasteiger partial charge on any atom is -0.376 e. The quantitative estimate of drug-likeness (QED) is 0.366. The molecule has 158 valence electrons. The number of halogens is 1. The zero-order chi connectivity index (χ0) is 18.9. The van der Waals surface area contributed by atoms with Crippen LogP contribution >= 0.6 is 24.0 Å². The lowest BCUT2D eigenvalue weighted by molar-refractivity contribution is -0.0721. The van der Waals surface area contributed by atoms with Crippen LogP contribution in [0, 0.1) is 6.92 Å². The molecule has 0 spiro atoms. The van der Waals surface area contributed by atoms with E-state index in [0.717, 1.165) is 64.5 Å². The maximum absolute atomic E-state index is 6.12. The van der Waals surface area contributed by atoms with E-state index in [0.29, 0.717) is 12.2 Å². The van der Waals surface area contributed by atoms with Crippen molar-refractivity contribution in [2.24, 2.45) is 4.99 Å². The number of likely N-dealkylation sites (tertiary alicyclic amines) is 1. The van der Waals surface area contributed by atoms with Gasteiger partial charge in [-0.15, -0.1) is 24.0 Å². The lowest BCUT2D eigenvalue weighted by Crippen LogP contribution is -2.47. The van der Waals surface area contributed by atoms with E-state index in [1.54, 1.807) is 0 Å². The van der Waals surface area contributed by atoms with Gasteiger partial charge in [-0.2, -0.15) is 0 Å². The predicted octanol–water partition coefficient (Wildman–Crippen LogP) is 3.78.